The number of amides is 1. The van der Waals surface area contributed by atoms with Gasteiger partial charge in [-0.3, -0.25) is 4.79 Å². The molecule has 2 heterocycles. The number of aromatic nitrogens is 3. The highest BCUT2D eigenvalue weighted by atomic mass is 32.1. The molecule has 1 amide bonds. The number of rotatable bonds is 4. The summed E-state index contributed by atoms with van der Waals surface area (Å²) in [5.41, 5.74) is 0.762. The van der Waals surface area contributed by atoms with Crippen LogP contribution in [-0.4, -0.2) is 39.4 Å². The summed E-state index contributed by atoms with van der Waals surface area (Å²) in [5.74, 6) is 1.28. The van der Waals surface area contributed by atoms with Crippen LogP contribution >= 0.6 is 11.3 Å². The zero-order chi connectivity index (χ0) is 16.2. The third-order valence-electron chi connectivity index (χ3n) is 4.35. The van der Waals surface area contributed by atoms with Crippen LogP contribution in [0, 0.1) is 12.8 Å². The van der Waals surface area contributed by atoms with Gasteiger partial charge in [0.15, 0.2) is 10.8 Å². The Labute approximate surface area is 140 Å². The second-order valence-corrected chi connectivity index (χ2v) is 7.19. The number of aryl methyl sites for hydroxylation is 1. The molecule has 1 aliphatic carbocycles. The molecule has 0 aromatic carbocycles. The third-order valence-corrected chi connectivity index (χ3v) is 5.49. The van der Waals surface area contributed by atoms with Crippen molar-refractivity contribution < 1.29 is 4.79 Å². The van der Waals surface area contributed by atoms with Crippen LogP contribution in [0.1, 0.15) is 47.5 Å². The maximum Gasteiger partial charge on any atom is 0.265 e. The molecule has 0 N–H and O–H groups in total. The van der Waals surface area contributed by atoms with Gasteiger partial charge in [0.25, 0.3) is 5.91 Å². The molecule has 1 aliphatic rings. The molecule has 0 unspecified atom stereocenters. The van der Waals surface area contributed by atoms with Crippen molar-refractivity contribution in [2.45, 2.75) is 39.0 Å². The molecule has 122 valence electrons. The van der Waals surface area contributed by atoms with Crippen LogP contribution in [0.2, 0.25) is 0 Å². The minimum atomic E-state index is 0.0627. The summed E-state index contributed by atoms with van der Waals surface area (Å²) in [6.07, 6.45) is 9.78. The van der Waals surface area contributed by atoms with E-state index in [0.717, 1.165) is 12.2 Å². The normalized spacial score (nSPS) is 15.6. The Morgan fingerprint density at radius 2 is 1.96 bits per heavy atom. The lowest BCUT2D eigenvalue weighted by atomic mass is 9.89. The van der Waals surface area contributed by atoms with Crippen LogP contribution in [-0.2, 0) is 0 Å². The highest BCUT2D eigenvalue weighted by molar-refractivity contribution is 7.17. The fraction of sp³-hybridized carbons (Fsp3) is 0.529. The van der Waals surface area contributed by atoms with Gasteiger partial charge in [0.1, 0.15) is 4.88 Å². The first-order chi connectivity index (χ1) is 11.1. The largest absolute Gasteiger partial charge is 0.341 e. The van der Waals surface area contributed by atoms with Crippen molar-refractivity contribution in [3.05, 3.63) is 29.0 Å². The second-order valence-electron chi connectivity index (χ2n) is 6.20. The van der Waals surface area contributed by atoms with Crippen molar-refractivity contribution >= 4 is 17.2 Å². The topological polar surface area (TPSA) is 59.0 Å². The minimum absolute atomic E-state index is 0.0627. The average Bonchev–Trinajstić information content (AvgIpc) is 2.97. The van der Waals surface area contributed by atoms with Gasteiger partial charge in [-0.05, 0) is 31.7 Å². The van der Waals surface area contributed by atoms with Crippen molar-refractivity contribution in [2.24, 2.45) is 5.92 Å². The van der Waals surface area contributed by atoms with Crippen LogP contribution in [0.15, 0.2) is 18.5 Å². The highest BCUT2D eigenvalue weighted by Gasteiger charge is 2.23. The van der Waals surface area contributed by atoms with Crippen LogP contribution < -0.4 is 0 Å². The summed E-state index contributed by atoms with van der Waals surface area (Å²) in [6, 6.07) is 1.77. The molecule has 0 saturated heterocycles. The Morgan fingerprint density at radius 3 is 2.65 bits per heavy atom. The minimum Gasteiger partial charge on any atom is -0.341 e. The van der Waals surface area contributed by atoms with Gasteiger partial charge < -0.3 is 4.90 Å². The molecule has 5 nitrogen and oxygen atoms in total. The summed E-state index contributed by atoms with van der Waals surface area (Å²) in [6.45, 7) is 2.72. The van der Waals surface area contributed by atoms with Gasteiger partial charge in [-0.2, -0.15) is 0 Å². The van der Waals surface area contributed by atoms with Gasteiger partial charge in [0, 0.05) is 26.0 Å². The number of hydrogen-bond acceptors (Lipinski definition) is 5. The molecule has 3 rings (SSSR count). The molecule has 0 bridgehead atoms. The molecule has 0 aliphatic heterocycles. The second kappa shape index (κ2) is 7.17. The summed E-state index contributed by atoms with van der Waals surface area (Å²) >= 11 is 1.38. The lowest BCUT2D eigenvalue weighted by Crippen LogP contribution is -2.32. The number of thiazole rings is 1. The lowest BCUT2D eigenvalue weighted by Gasteiger charge is -2.26. The summed E-state index contributed by atoms with van der Waals surface area (Å²) in [5, 5.41) is 0.706. The van der Waals surface area contributed by atoms with Crippen LogP contribution in [0.3, 0.4) is 0 Å². The molecule has 6 heteroatoms. The standard InChI is InChI=1S/C17H22N4OS/c1-12-14(23-16(20-12)15-18-9-6-10-19-15)17(22)21(2)11-13-7-4-3-5-8-13/h6,9-10,13H,3-5,7-8,11H2,1-2H3. The lowest BCUT2D eigenvalue weighted by molar-refractivity contribution is 0.0764. The Hall–Kier alpha value is -1.82. The predicted molar refractivity (Wildman–Crippen MR) is 91.4 cm³/mol. The van der Waals surface area contributed by atoms with Crippen molar-refractivity contribution in [1.29, 1.82) is 0 Å². The number of hydrogen-bond donors (Lipinski definition) is 0. The molecule has 1 saturated carbocycles. The van der Waals surface area contributed by atoms with E-state index in [1.165, 1.54) is 43.4 Å². The van der Waals surface area contributed by atoms with Crippen molar-refractivity contribution in [2.75, 3.05) is 13.6 Å². The SMILES string of the molecule is Cc1nc(-c2ncccn2)sc1C(=O)N(C)CC1CCCCC1. The molecular formula is C17H22N4OS. The third kappa shape index (κ3) is 3.75. The molecule has 2 aromatic heterocycles. The zero-order valence-corrected chi connectivity index (χ0v) is 14.5. The molecule has 0 atom stereocenters. The summed E-state index contributed by atoms with van der Waals surface area (Å²) in [7, 11) is 1.90. The number of nitrogens with zero attached hydrogens (tertiary/aromatic N) is 4. The van der Waals surface area contributed by atoms with Gasteiger partial charge in [-0.1, -0.05) is 19.3 Å². The highest BCUT2D eigenvalue weighted by Crippen LogP contribution is 2.28. The van der Waals surface area contributed by atoms with Gasteiger partial charge in [0.2, 0.25) is 0 Å². The Bertz CT molecular complexity index is 664. The van der Waals surface area contributed by atoms with Gasteiger partial charge in [-0.15, -0.1) is 11.3 Å². The van der Waals surface area contributed by atoms with E-state index in [-0.39, 0.29) is 5.91 Å². The van der Waals surface area contributed by atoms with Gasteiger partial charge in [-0.25, -0.2) is 15.0 Å². The van der Waals surface area contributed by atoms with Gasteiger partial charge in [0.05, 0.1) is 5.69 Å². The van der Waals surface area contributed by atoms with E-state index in [1.807, 2.05) is 18.9 Å². The maximum absolute atomic E-state index is 12.7. The van der Waals surface area contributed by atoms with E-state index < -0.39 is 0 Å². The maximum atomic E-state index is 12.7. The molecular weight excluding hydrogens is 308 g/mol. The van der Waals surface area contributed by atoms with Crippen LogP contribution in [0.4, 0.5) is 0 Å². The molecule has 1 fully saturated rings. The number of carbonyl (C=O) groups excluding carboxylic acids is 1. The summed E-state index contributed by atoms with van der Waals surface area (Å²) in [4.78, 5) is 28.2. The van der Waals surface area contributed by atoms with Crippen molar-refractivity contribution in [3.8, 4) is 10.8 Å². The van der Waals surface area contributed by atoms with E-state index in [1.54, 1.807) is 18.5 Å². The fourth-order valence-corrected chi connectivity index (χ4v) is 4.12. The zero-order valence-electron chi connectivity index (χ0n) is 13.7. The quantitative estimate of drug-likeness (QED) is 0.860. The average molecular weight is 330 g/mol. The fourth-order valence-electron chi connectivity index (χ4n) is 3.11. The van der Waals surface area contributed by atoms with E-state index in [2.05, 4.69) is 15.0 Å². The smallest absolute Gasteiger partial charge is 0.265 e. The first-order valence-corrected chi connectivity index (χ1v) is 8.97. The first-order valence-electron chi connectivity index (χ1n) is 8.15. The molecule has 23 heavy (non-hydrogen) atoms. The molecule has 2 aromatic rings. The van der Waals surface area contributed by atoms with Gasteiger partial charge >= 0.3 is 0 Å². The van der Waals surface area contributed by atoms with Crippen molar-refractivity contribution in [3.63, 3.8) is 0 Å². The monoisotopic (exact) mass is 330 g/mol. The molecule has 0 spiro atoms. The Balaban J connectivity index is 1.73. The van der Waals surface area contributed by atoms with Crippen LogP contribution in [0.25, 0.3) is 10.8 Å². The van der Waals surface area contributed by atoms with E-state index >= 15 is 0 Å². The van der Waals surface area contributed by atoms with Crippen molar-refractivity contribution in [1.82, 2.24) is 19.9 Å². The van der Waals surface area contributed by atoms with E-state index in [4.69, 9.17) is 0 Å². The molecule has 0 radical (unpaired) electrons. The number of carbonyl (C=O) groups is 1. The Kier molecular flexibility index (Phi) is 5.00. The van der Waals surface area contributed by atoms with E-state index in [0.29, 0.717) is 21.6 Å². The Morgan fingerprint density at radius 1 is 1.26 bits per heavy atom. The first kappa shape index (κ1) is 16.1. The summed E-state index contributed by atoms with van der Waals surface area (Å²) < 4.78 is 0. The van der Waals surface area contributed by atoms with Crippen LogP contribution in [0.5, 0.6) is 0 Å². The van der Waals surface area contributed by atoms with E-state index in [9.17, 15) is 4.79 Å². The predicted octanol–water partition coefficient (Wildman–Crippen LogP) is 3.56.